The minimum absolute atomic E-state index is 0.0159. The molecule has 1 aliphatic rings. The van der Waals surface area contributed by atoms with Crippen LogP contribution in [-0.4, -0.2) is 54.7 Å². The summed E-state index contributed by atoms with van der Waals surface area (Å²) in [6.07, 6.45) is 1.56. The molecule has 0 saturated carbocycles. The van der Waals surface area contributed by atoms with E-state index in [0.717, 1.165) is 18.4 Å². The van der Waals surface area contributed by atoms with Crippen molar-refractivity contribution in [1.82, 2.24) is 10.0 Å². The molecule has 5 rings (SSSR count). The Labute approximate surface area is 235 Å². The van der Waals surface area contributed by atoms with E-state index in [2.05, 4.69) is 10.3 Å². The normalized spacial score (nSPS) is 15.3. The number of nitrogens with zero attached hydrogens (tertiary/aromatic N) is 2. The molecule has 0 spiro atoms. The van der Waals surface area contributed by atoms with E-state index in [0.29, 0.717) is 23.5 Å². The van der Waals surface area contributed by atoms with Crippen molar-refractivity contribution in [2.45, 2.75) is 32.2 Å². The molecular formula is C30H29F2N3O6. The number of aromatic nitrogens is 1. The number of hydrogen-bond donors (Lipinski definition) is 1. The first-order valence-corrected chi connectivity index (χ1v) is 13.1. The standard InChI is InChI=1S/C30H29F2N3O6/c1-18-5-9-21(31)15-26(18)34-30-33-25-12-8-20(27(32)28(25)40-30)14-23(36)17-39-16-22-4-3-13-35(22)41-24-10-6-19(7-11-24)29(37)38-2/h5-12,15,22H,3-4,13-14,16-17H2,1-2H3,(H,33,34). The maximum Gasteiger partial charge on any atom is 0.337 e. The van der Waals surface area contributed by atoms with Crippen molar-refractivity contribution >= 4 is 34.6 Å². The van der Waals surface area contributed by atoms with Gasteiger partial charge in [0.2, 0.25) is 0 Å². The number of hydrogen-bond acceptors (Lipinski definition) is 9. The van der Waals surface area contributed by atoms with Crippen molar-refractivity contribution in [3.8, 4) is 5.75 Å². The first-order valence-electron chi connectivity index (χ1n) is 13.1. The summed E-state index contributed by atoms with van der Waals surface area (Å²) in [4.78, 5) is 34.4. The Hall–Kier alpha value is -4.35. The second-order valence-electron chi connectivity index (χ2n) is 9.76. The molecule has 1 aromatic heterocycles. The number of hydroxylamine groups is 2. The molecule has 1 N–H and O–H groups in total. The molecule has 0 amide bonds. The van der Waals surface area contributed by atoms with Crippen molar-refractivity contribution < 1.29 is 37.1 Å². The zero-order valence-electron chi connectivity index (χ0n) is 22.6. The van der Waals surface area contributed by atoms with E-state index in [1.807, 2.05) is 0 Å². The number of anilines is 2. The first kappa shape index (κ1) is 28.2. The number of ketones is 1. The molecule has 3 aromatic carbocycles. The number of methoxy groups -OCH3 is 1. The minimum atomic E-state index is -0.680. The number of halogens is 2. The maximum absolute atomic E-state index is 15.2. The molecule has 1 unspecified atom stereocenters. The van der Waals surface area contributed by atoms with Gasteiger partial charge in [0.25, 0.3) is 6.01 Å². The number of benzene rings is 3. The topological polar surface area (TPSA) is 103 Å². The Bertz CT molecular complexity index is 1560. The van der Waals surface area contributed by atoms with Gasteiger partial charge in [0, 0.05) is 18.7 Å². The third-order valence-electron chi connectivity index (χ3n) is 6.80. The highest BCUT2D eigenvalue weighted by atomic mass is 19.1. The molecule has 11 heteroatoms. The second kappa shape index (κ2) is 12.4. The van der Waals surface area contributed by atoms with Crippen LogP contribution in [0.3, 0.4) is 0 Å². The van der Waals surface area contributed by atoms with E-state index >= 15 is 4.39 Å². The Morgan fingerprint density at radius 3 is 2.71 bits per heavy atom. The minimum Gasteiger partial charge on any atom is -0.465 e. The Morgan fingerprint density at radius 1 is 1.12 bits per heavy atom. The number of carbonyl (C=O) groups excluding carboxylic acids is 2. The number of aryl methyl sites for hydroxylation is 1. The monoisotopic (exact) mass is 565 g/mol. The van der Waals surface area contributed by atoms with E-state index in [1.54, 1.807) is 48.4 Å². The van der Waals surface area contributed by atoms with Crippen molar-refractivity contribution in [3.05, 3.63) is 82.9 Å². The average Bonchev–Trinajstić information content (AvgIpc) is 3.59. The highest BCUT2D eigenvalue weighted by molar-refractivity contribution is 5.89. The smallest absolute Gasteiger partial charge is 0.337 e. The van der Waals surface area contributed by atoms with Crippen LogP contribution in [0.5, 0.6) is 5.75 Å². The molecular weight excluding hydrogens is 536 g/mol. The van der Waals surface area contributed by atoms with Gasteiger partial charge in [-0.15, -0.1) is 5.06 Å². The molecule has 9 nitrogen and oxygen atoms in total. The van der Waals surface area contributed by atoms with Gasteiger partial charge < -0.3 is 24.0 Å². The summed E-state index contributed by atoms with van der Waals surface area (Å²) in [5, 5.41) is 4.67. The number of rotatable bonds is 11. The number of ether oxygens (including phenoxy) is 2. The van der Waals surface area contributed by atoms with E-state index < -0.39 is 17.6 Å². The average molecular weight is 566 g/mol. The van der Waals surface area contributed by atoms with Crippen molar-refractivity contribution in [3.63, 3.8) is 0 Å². The van der Waals surface area contributed by atoms with Crippen LogP contribution < -0.4 is 10.2 Å². The number of fused-ring (bicyclic) bond motifs is 1. The predicted molar refractivity (Wildman–Crippen MR) is 146 cm³/mol. The van der Waals surface area contributed by atoms with Gasteiger partial charge in [-0.1, -0.05) is 12.1 Å². The van der Waals surface area contributed by atoms with Crippen LogP contribution in [0.15, 0.2) is 59.0 Å². The lowest BCUT2D eigenvalue weighted by Crippen LogP contribution is -2.36. The van der Waals surface area contributed by atoms with Crippen molar-refractivity contribution in [2.75, 3.05) is 32.2 Å². The van der Waals surface area contributed by atoms with Crippen LogP contribution >= 0.6 is 0 Å². The fourth-order valence-corrected chi connectivity index (χ4v) is 4.61. The molecule has 1 aliphatic heterocycles. The first-order chi connectivity index (χ1) is 19.8. The van der Waals surface area contributed by atoms with Gasteiger partial charge in [-0.05, 0) is 73.4 Å². The summed E-state index contributed by atoms with van der Waals surface area (Å²) in [6.45, 7) is 2.57. The lowest BCUT2D eigenvalue weighted by Gasteiger charge is -2.24. The highest BCUT2D eigenvalue weighted by Gasteiger charge is 2.27. The van der Waals surface area contributed by atoms with Crippen LogP contribution in [0.4, 0.5) is 20.5 Å². The summed E-state index contributed by atoms with van der Waals surface area (Å²) in [7, 11) is 1.32. The number of carbonyl (C=O) groups is 2. The van der Waals surface area contributed by atoms with Crippen LogP contribution in [0.2, 0.25) is 0 Å². The van der Waals surface area contributed by atoms with Gasteiger partial charge in [-0.2, -0.15) is 4.98 Å². The Morgan fingerprint density at radius 2 is 1.93 bits per heavy atom. The van der Waals surface area contributed by atoms with Gasteiger partial charge in [-0.3, -0.25) is 4.79 Å². The molecule has 1 saturated heterocycles. The number of Topliss-reactive ketones (excluding diaryl/α,β-unsaturated/α-hetero) is 1. The maximum atomic E-state index is 15.2. The van der Waals surface area contributed by atoms with Gasteiger partial charge >= 0.3 is 5.97 Å². The van der Waals surface area contributed by atoms with Crippen molar-refractivity contribution in [2.24, 2.45) is 0 Å². The zero-order chi connectivity index (χ0) is 28.9. The molecule has 0 bridgehead atoms. The number of oxazole rings is 1. The summed E-state index contributed by atoms with van der Waals surface area (Å²) >= 11 is 0. The van der Waals surface area contributed by atoms with Gasteiger partial charge in [0.1, 0.15) is 23.7 Å². The van der Waals surface area contributed by atoms with Gasteiger partial charge in [0.05, 0.1) is 25.3 Å². The van der Waals surface area contributed by atoms with Gasteiger partial charge in [0.15, 0.2) is 17.2 Å². The molecule has 2 heterocycles. The molecule has 1 atom stereocenters. The largest absolute Gasteiger partial charge is 0.465 e. The van der Waals surface area contributed by atoms with E-state index in [1.165, 1.54) is 25.3 Å². The van der Waals surface area contributed by atoms with Crippen LogP contribution in [-0.2, 0) is 20.7 Å². The Balaban J connectivity index is 1.14. The summed E-state index contributed by atoms with van der Waals surface area (Å²) in [6, 6.07) is 13.9. The number of nitrogens with one attached hydrogen (secondary N) is 1. The quantitative estimate of drug-likeness (QED) is 0.235. The lowest BCUT2D eigenvalue weighted by atomic mass is 10.1. The third-order valence-corrected chi connectivity index (χ3v) is 6.80. The molecule has 0 aliphatic carbocycles. The third kappa shape index (κ3) is 6.69. The molecule has 4 aromatic rings. The second-order valence-corrected chi connectivity index (χ2v) is 9.76. The van der Waals surface area contributed by atoms with Crippen molar-refractivity contribution in [1.29, 1.82) is 0 Å². The zero-order valence-corrected chi connectivity index (χ0v) is 22.6. The Kier molecular flexibility index (Phi) is 8.55. The van der Waals surface area contributed by atoms with Gasteiger partial charge in [-0.25, -0.2) is 13.6 Å². The predicted octanol–water partition coefficient (Wildman–Crippen LogP) is 5.53. The number of esters is 1. The molecule has 0 radical (unpaired) electrons. The fourth-order valence-electron chi connectivity index (χ4n) is 4.61. The van der Waals surface area contributed by atoms with Crippen LogP contribution in [0, 0.1) is 18.6 Å². The lowest BCUT2D eigenvalue weighted by molar-refractivity contribution is -0.126. The molecule has 1 fully saturated rings. The summed E-state index contributed by atoms with van der Waals surface area (Å²) in [5.41, 5.74) is 1.99. The fraction of sp³-hybridized carbons (Fsp3) is 0.300. The van der Waals surface area contributed by atoms with E-state index in [-0.39, 0.29) is 54.1 Å². The van der Waals surface area contributed by atoms with Crippen LogP contribution in [0.1, 0.15) is 34.3 Å². The summed E-state index contributed by atoms with van der Waals surface area (Å²) in [5.74, 6) is -1.25. The molecule has 214 valence electrons. The van der Waals surface area contributed by atoms with E-state index in [4.69, 9.17) is 18.7 Å². The van der Waals surface area contributed by atoms with E-state index in [9.17, 15) is 14.0 Å². The van der Waals surface area contributed by atoms with Crippen LogP contribution in [0.25, 0.3) is 11.1 Å². The molecule has 41 heavy (non-hydrogen) atoms. The highest BCUT2D eigenvalue weighted by Crippen LogP contribution is 2.28. The SMILES string of the molecule is COC(=O)c1ccc(ON2CCCC2COCC(=O)Cc2ccc3nc(Nc4cc(F)ccc4C)oc3c2F)cc1. The summed E-state index contributed by atoms with van der Waals surface area (Å²) < 4.78 is 44.7.